The fourth-order valence-electron chi connectivity index (χ4n) is 1.35. The first-order valence-electron chi connectivity index (χ1n) is 4.85. The Morgan fingerprint density at radius 3 is 2.80 bits per heavy atom. The molecule has 2 N–H and O–H groups in total. The van der Waals surface area contributed by atoms with Crippen molar-refractivity contribution in [3.63, 3.8) is 0 Å². The summed E-state index contributed by atoms with van der Waals surface area (Å²) in [6.45, 7) is 2.02. The van der Waals surface area contributed by atoms with Gasteiger partial charge < -0.3 is 0 Å². The van der Waals surface area contributed by atoms with Gasteiger partial charge in [0, 0.05) is 5.75 Å². The van der Waals surface area contributed by atoms with Gasteiger partial charge in [0.05, 0.1) is 11.6 Å². The minimum absolute atomic E-state index is 0.716. The summed E-state index contributed by atoms with van der Waals surface area (Å²) in [6, 6.07) is 9.83. The smallest absolute Gasteiger partial charge is 0.265 e. The Bertz CT molecular complexity index is 403. The van der Waals surface area contributed by atoms with Crippen LogP contribution in [-0.2, 0) is 5.75 Å². The van der Waals surface area contributed by atoms with Crippen LogP contribution in [0.2, 0.25) is 0 Å². The molecule has 1 heterocycles. The lowest BCUT2D eigenvalue weighted by Crippen LogP contribution is -2.69. The molecule has 0 bridgehead atoms. The second-order valence-corrected chi connectivity index (χ2v) is 4.27. The molecule has 0 spiro atoms. The normalized spacial score (nSPS) is 14.2. The molecule has 0 radical (unpaired) electrons. The fraction of sp³-hybridized carbons (Fsp3) is 0.273. The van der Waals surface area contributed by atoms with Crippen molar-refractivity contribution in [3.05, 3.63) is 35.4 Å². The van der Waals surface area contributed by atoms with Gasteiger partial charge in [0.15, 0.2) is 0 Å². The predicted octanol–water partition coefficient (Wildman–Crippen LogP) is -0.169. The van der Waals surface area contributed by atoms with E-state index in [1.807, 2.05) is 24.3 Å². The Labute approximate surface area is 93.2 Å². The van der Waals surface area contributed by atoms with E-state index < -0.39 is 0 Å². The zero-order chi connectivity index (χ0) is 10.5. The van der Waals surface area contributed by atoms with Gasteiger partial charge >= 0.3 is 5.17 Å². The van der Waals surface area contributed by atoms with Crippen LogP contribution in [0.5, 0.6) is 0 Å². The summed E-state index contributed by atoms with van der Waals surface area (Å²) >= 11 is 1.76. The van der Waals surface area contributed by atoms with E-state index >= 15 is 0 Å². The van der Waals surface area contributed by atoms with Crippen molar-refractivity contribution in [2.24, 2.45) is 0 Å². The maximum absolute atomic E-state index is 8.65. The number of hydrogen-bond acceptors (Lipinski definition) is 3. The highest BCUT2D eigenvalue weighted by atomic mass is 32.2. The van der Waals surface area contributed by atoms with Crippen LogP contribution >= 0.6 is 11.8 Å². The van der Waals surface area contributed by atoms with E-state index in [2.05, 4.69) is 16.4 Å². The van der Waals surface area contributed by atoms with Crippen molar-refractivity contribution < 1.29 is 4.99 Å². The van der Waals surface area contributed by atoms with Gasteiger partial charge in [-0.3, -0.25) is 10.3 Å². The van der Waals surface area contributed by atoms with Crippen LogP contribution in [0, 0.1) is 11.3 Å². The van der Waals surface area contributed by atoms with Crippen LogP contribution in [0.15, 0.2) is 24.3 Å². The van der Waals surface area contributed by atoms with Gasteiger partial charge in [-0.05, 0) is 29.5 Å². The molecule has 0 atom stereocenters. The van der Waals surface area contributed by atoms with E-state index in [0.29, 0.717) is 5.56 Å². The van der Waals surface area contributed by atoms with Crippen LogP contribution in [0.3, 0.4) is 0 Å². The highest BCUT2D eigenvalue weighted by molar-refractivity contribution is 8.12. The molecule has 4 heteroatoms. The van der Waals surface area contributed by atoms with E-state index in [-0.39, 0.29) is 0 Å². The van der Waals surface area contributed by atoms with Gasteiger partial charge in [-0.1, -0.05) is 12.1 Å². The Morgan fingerprint density at radius 1 is 1.40 bits per heavy atom. The predicted molar refractivity (Wildman–Crippen MR) is 61.3 cm³/mol. The van der Waals surface area contributed by atoms with Crippen molar-refractivity contribution in [1.82, 2.24) is 5.32 Å². The summed E-state index contributed by atoms with van der Waals surface area (Å²) in [5.74, 6) is 0.932. The van der Waals surface area contributed by atoms with E-state index in [4.69, 9.17) is 5.26 Å². The summed E-state index contributed by atoms with van der Waals surface area (Å²) in [5, 5.41) is 13.1. The minimum atomic E-state index is 0.716. The molecule has 1 aliphatic rings. The Hall–Kier alpha value is -1.47. The molecule has 3 nitrogen and oxygen atoms in total. The first kappa shape index (κ1) is 10.1. The number of nitrogens with one attached hydrogen (secondary N) is 2. The maximum atomic E-state index is 8.65. The Morgan fingerprint density at radius 2 is 2.20 bits per heavy atom. The van der Waals surface area contributed by atoms with E-state index in [0.717, 1.165) is 24.0 Å². The summed E-state index contributed by atoms with van der Waals surface area (Å²) in [4.78, 5) is 3.27. The second-order valence-electron chi connectivity index (χ2n) is 3.28. The first-order valence-corrected chi connectivity index (χ1v) is 5.83. The molecule has 15 heavy (non-hydrogen) atoms. The molecule has 1 aliphatic heterocycles. The minimum Gasteiger partial charge on any atom is -0.265 e. The number of rotatable bonds is 2. The highest BCUT2D eigenvalue weighted by Crippen LogP contribution is 2.12. The molecule has 0 saturated carbocycles. The standard InChI is InChI=1S/C11H11N3S/c12-7-9-1-3-10(4-2-9)8-15-11-13-5-6-14-11/h1-4H,5-6,8H2,(H,13,14)/p+1. The highest BCUT2D eigenvalue weighted by Gasteiger charge is 2.12. The third-order valence-electron chi connectivity index (χ3n) is 2.16. The van der Waals surface area contributed by atoms with E-state index in [1.165, 1.54) is 5.56 Å². The molecule has 76 valence electrons. The lowest BCUT2D eigenvalue weighted by atomic mass is 10.2. The van der Waals surface area contributed by atoms with Crippen molar-refractivity contribution in [2.75, 3.05) is 13.1 Å². The zero-order valence-corrected chi connectivity index (χ0v) is 9.10. The van der Waals surface area contributed by atoms with Crippen LogP contribution in [0.25, 0.3) is 0 Å². The maximum Gasteiger partial charge on any atom is 0.304 e. The van der Waals surface area contributed by atoms with Crippen molar-refractivity contribution in [3.8, 4) is 6.07 Å². The molecular formula is C11H12N3S+. The first-order chi connectivity index (χ1) is 7.38. The van der Waals surface area contributed by atoms with Gasteiger partial charge in [-0.2, -0.15) is 5.26 Å². The van der Waals surface area contributed by atoms with Crippen molar-refractivity contribution in [2.45, 2.75) is 5.75 Å². The molecule has 1 aromatic rings. The largest absolute Gasteiger partial charge is 0.304 e. The monoisotopic (exact) mass is 218 g/mol. The molecule has 0 aliphatic carbocycles. The number of nitrogens with zero attached hydrogens (tertiary/aromatic N) is 1. The summed E-state index contributed by atoms with van der Waals surface area (Å²) in [5.41, 5.74) is 1.95. The van der Waals surface area contributed by atoms with Crippen molar-refractivity contribution >= 4 is 16.9 Å². The molecular weight excluding hydrogens is 206 g/mol. The zero-order valence-electron chi connectivity index (χ0n) is 8.29. The molecule has 2 rings (SSSR count). The topological polar surface area (TPSA) is 49.8 Å². The van der Waals surface area contributed by atoms with Gasteiger partial charge in [0.1, 0.15) is 13.1 Å². The van der Waals surface area contributed by atoms with Gasteiger partial charge in [0.2, 0.25) is 0 Å². The summed E-state index contributed by atoms with van der Waals surface area (Å²) in [6.07, 6.45) is 0. The van der Waals surface area contributed by atoms with E-state index in [1.54, 1.807) is 11.8 Å². The quantitative estimate of drug-likeness (QED) is 0.724. The molecule has 0 aromatic heterocycles. The second kappa shape index (κ2) is 4.85. The van der Waals surface area contributed by atoms with Gasteiger partial charge in [-0.25, -0.2) is 0 Å². The summed E-state index contributed by atoms with van der Waals surface area (Å²) < 4.78 is 0. The fourth-order valence-corrected chi connectivity index (χ4v) is 2.26. The number of amidine groups is 1. The number of benzene rings is 1. The number of nitriles is 1. The van der Waals surface area contributed by atoms with Crippen LogP contribution < -0.4 is 10.3 Å². The van der Waals surface area contributed by atoms with Crippen LogP contribution in [0.4, 0.5) is 0 Å². The van der Waals surface area contributed by atoms with E-state index in [9.17, 15) is 0 Å². The number of hydrogen-bond donors (Lipinski definition) is 2. The Kier molecular flexibility index (Phi) is 3.25. The molecule has 0 fully saturated rings. The third-order valence-corrected chi connectivity index (χ3v) is 3.22. The SMILES string of the molecule is N#Cc1ccc(CSC2=[NH+]CCN2)cc1. The average molecular weight is 218 g/mol. The van der Waals surface area contributed by atoms with Crippen LogP contribution in [0.1, 0.15) is 11.1 Å². The summed E-state index contributed by atoms with van der Waals surface area (Å²) in [7, 11) is 0. The molecule has 1 aromatic carbocycles. The molecule has 0 saturated heterocycles. The third kappa shape index (κ3) is 2.74. The van der Waals surface area contributed by atoms with Crippen molar-refractivity contribution in [1.29, 1.82) is 5.26 Å². The lowest BCUT2D eigenvalue weighted by molar-refractivity contribution is -0.441. The average Bonchev–Trinajstić information content (AvgIpc) is 2.80. The molecule has 0 amide bonds. The molecule has 0 unspecified atom stereocenters. The number of thioether (sulfide) groups is 1. The lowest BCUT2D eigenvalue weighted by Gasteiger charge is -1.98. The van der Waals surface area contributed by atoms with Gasteiger partial charge in [0.25, 0.3) is 0 Å². The van der Waals surface area contributed by atoms with Gasteiger partial charge in [-0.15, -0.1) is 0 Å². The Balaban J connectivity index is 1.91. The van der Waals surface area contributed by atoms with Crippen LogP contribution in [-0.4, -0.2) is 18.3 Å².